The van der Waals surface area contributed by atoms with Crippen molar-refractivity contribution < 1.29 is 80.2 Å². The first-order valence-corrected chi connectivity index (χ1v) is 44.0. The van der Waals surface area contributed by atoms with E-state index >= 15 is 0 Å². The number of allylic oxidation sites excluding steroid dienone is 30. The fraction of sp³-hybridized carbons (Fsp3) is 0.618. The SMILES string of the molecule is CC/C=C\C/C=C\C/C=C\C/C=C\C/C=C\C/C=C\CCC(=O)OC[C@H](COP(=O)(O)OC[C@@H](O)COP(=O)(O)OC[C@@H](COC(=O)CCC/C=C\C/C=C\C/C=C\C/C=C\CCCCC)OC(=O)CCC/C=C\C/C=C\C/C=C\C/C=C\CCCCC)OC(=O)CCCCCCC/C=C\CCCCCCCC. The lowest BCUT2D eigenvalue weighted by atomic mass is 10.1. The van der Waals surface area contributed by atoms with E-state index < -0.39 is 97.5 Å². The highest BCUT2D eigenvalue weighted by Crippen LogP contribution is 2.45. The van der Waals surface area contributed by atoms with Gasteiger partial charge in [-0.3, -0.25) is 37.3 Å². The van der Waals surface area contributed by atoms with Gasteiger partial charge in [-0.2, -0.15) is 0 Å². The molecule has 19 heteroatoms. The Bertz CT molecular complexity index is 2760. The summed E-state index contributed by atoms with van der Waals surface area (Å²) in [6.45, 7) is 4.47. The molecule has 3 N–H and O–H groups in total. The summed E-state index contributed by atoms with van der Waals surface area (Å²) >= 11 is 0. The number of carbonyl (C=O) groups is 4. The van der Waals surface area contributed by atoms with Crippen LogP contribution in [0.25, 0.3) is 0 Å². The summed E-state index contributed by atoms with van der Waals surface area (Å²) in [5.74, 6) is -2.43. The van der Waals surface area contributed by atoms with Gasteiger partial charge >= 0.3 is 39.5 Å². The predicted molar refractivity (Wildman–Crippen MR) is 445 cm³/mol. The third-order valence-corrected chi connectivity index (χ3v) is 18.2. The second-order valence-electron chi connectivity index (χ2n) is 26.6. The van der Waals surface area contributed by atoms with Crippen LogP contribution in [0.2, 0.25) is 0 Å². The van der Waals surface area contributed by atoms with Gasteiger partial charge in [0, 0.05) is 25.7 Å². The van der Waals surface area contributed by atoms with E-state index in [1.807, 2.05) is 42.5 Å². The van der Waals surface area contributed by atoms with E-state index in [1.54, 1.807) is 0 Å². The van der Waals surface area contributed by atoms with Gasteiger partial charge in [0.2, 0.25) is 0 Å². The number of esters is 4. The highest BCUT2D eigenvalue weighted by molar-refractivity contribution is 7.47. The molecule has 0 heterocycles. The van der Waals surface area contributed by atoms with E-state index in [0.717, 1.165) is 122 Å². The summed E-state index contributed by atoms with van der Waals surface area (Å²) < 4.78 is 68.5. The van der Waals surface area contributed by atoms with E-state index in [0.29, 0.717) is 44.9 Å². The van der Waals surface area contributed by atoms with Gasteiger partial charge in [-0.15, -0.1) is 0 Å². The van der Waals surface area contributed by atoms with Gasteiger partial charge in [-0.1, -0.05) is 287 Å². The minimum absolute atomic E-state index is 0.000817. The number of phosphoric ester groups is 2. The summed E-state index contributed by atoms with van der Waals surface area (Å²) in [5, 5.41) is 10.7. The predicted octanol–water partition coefficient (Wildman–Crippen LogP) is 24.3. The monoisotopic (exact) mass is 1550 g/mol. The van der Waals surface area contributed by atoms with Crippen molar-refractivity contribution in [1.82, 2.24) is 0 Å². The molecule has 5 atom stereocenters. The van der Waals surface area contributed by atoms with E-state index in [1.165, 1.54) is 77.0 Å². The van der Waals surface area contributed by atoms with Crippen LogP contribution in [0.3, 0.4) is 0 Å². The molecule has 0 fully saturated rings. The van der Waals surface area contributed by atoms with Crippen molar-refractivity contribution in [2.24, 2.45) is 0 Å². The molecule has 612 valence electrons. The van der Waals surface area contributed by atoms with Crippen LogP contribution in [-0.2, 0) is 65.4 Å². The number of carbonyl (C=O) groups excluding carboxylic acids is 4. The van der Waals surface area contributed by atoms with Crippen LogP contribution in [0, 0.1) is 0 Å². The lowest BCUT2D eigenvalue weighted by Gasteiger charge is -2.21. The zero-order chi connectivity index (χ0) is 78.9. The molecule has 0 aromatic carbocycles. The summed E-state index contributed by atoms with van der Waals surface area (Å²) in [5.41, 5.74) is 0. The Morgan fingerprint density at radius 1 is 0.269 bits per heavy atom. The van der Waals surface area contributed by atoms with Gasteiger partial charge < -0.3 is 33.8 Å². The number of hydrogen-bond acceptors (Lipinski definition) is 15. The van der Waals surface area contributed by atoms with Crippen molar-refractivity contribution in [2.75, 3.05) is 39.6 Å². The minimum atomic E-state index is -5.02. The van der Waals surface area contributed by atoms with Crippen LogP contribution in [0.15, 0.2) is 182 Å². The highest BCUT2D eigenvalue weighted by Gasteiger charge is 2.30. The molecule has 0 aliphatic heterocycles. The van der Waals surface area contributed by atoms with Crippen LogP contribution in [-0.4, -0.2) is 96.7 Å². The number of aliphatic hydroxyl groups excluding tert-OH is 1. The zero-order valence-electron chi connectivity index (χ0n) is 66.9. The standard InChI is InChI=1S/C89H144O17P2/c1-5-9-13-17-21-25-29-33-37-40-41-44-47-50-54-58-62-66-70-74-87(92)100-79-84(105-88(93)75-71-67-63-59-55-51-45-36-32-28-24-20-16-12-8-4)81-103-107(95,96)101-77-83(90)78-102-108(97,98)104-82-85(106-89(94)76-72-68-64-60-56-52-48-43-39-35-31-27-23-19-15-11-7-3)80-99-86(91)73-69-65-61-57-53-49-46-42-38-34-30-26-22-18-14-10-6-2/h9,13,21-23,25-27,33-39,41,44-46,48-50,52,54,57,60-62,64,66,83-85,90H,5-8,10-12,14-20,24,28-32,40,42-43,47,51,53,55-56,58-59,63,65,67-82H2,1-4H3,(H,95,96)(H,97,98)/b13-9-,25-21-,26-22-,27-23-,37-33-,38-34-,39-35-,44-41-,45-36-,49-46-,52-48-,54-50-,61-57-,64-60-,66-62-/t83-,84-,85-/m1/s1. The normalized spacial score (nSPS) is 14.8. The first-order chi connectivity index (χ1) is 52.7. The number of unbranched alkanes of at least 4 members (excludes halogenated alkanes) is 19. The first-order valence-electron chi connectivity index (χ1n) is 41.0. The van der Waals surface area contributed by atoms with Crippen molar-refractivity contribution in [1.29, 1.82) is 0 Å². The maximum atomic E-state index is 13.1. The Morgan fingerprint density at radius 2 is 0.509 bits per heavy atom. The molecule has 0 spiro atoms. The molecule has 108 heavy (non-hydrogen) atoms. The number of hydrogen-bond donors (Lipinski definition) is 3. The second kappa shape index (κ2) is 79.3. The van der Waals surface area contributed by atoms with Crippen LogP contribution < -0.4 is 0 Å². The summed E-state index contributed by atoms with van der Waals surface area (Å²) in [6, 6.07) is 0. The Hall–Kier alpha value is -5.84. The molecule has 0 saturated carbocycles. The van der Waals surface area contributed by atoms with Crippen molar-refractivity contribution in [3.63, 3.8) is 0 Å². The fourth-order valence-corrected chi connectivity index (χ4v) is 11.7. The number of phosphoric acid groups is 2. The van der Waals surface area contributed by atoms with Gasteiger partial charge in [-0.25, -0.2) is 9.13 Å². The molecule has 0 aromatic heterocycles. The molecular weight excluding hydrogens is 1400 g/mol. The zero-order valence-corrected chi connectivity index (χ0v) is 68.7. The molecule has 17 nitrogen and oxygen atoms in total. The van der Waals surface area contributed by atoms with Crippen LogP contribution in [0.5, 0.6) is 0 Å². The Balaban J connectivity index is 5.56. The van der Waals surface area contributed by atoms with Crippen LogP contribution in [0.1, 0.15) is 297 Å². The smallest absolute Gasteiger partial charge is 0.462 e. The molecule has 0 rings (SSSR count). The van der Waals surface area contributed by atoms with Gasteiger partial charge in [0.15, 0.2) is 12.2 Å². The van der Waals surface area contributed by atoms with Gasteiger partial charge in [0.25, 0.3) is 0 Å². The third-order valence-electron chi connectivity index (χ3n) is 16.3. The molecule has 0 radical (unpaired) electrons. The maximum Gasteiger partial charge on any atom is 0.472 e. The molecule has 2 unspecified atom stereocenters. The molecule has 0 aliphatic carbocycles. The Morgan fingerprint density at radius 3 is 0.861 bits per heavy atom. The van der Waals surface area contributed by atoms with E-state index in [-0.39, 0.29) is 25.7 Å². The van der Waals surface area contributed by atoms with Crippen LogP contribution in [0.4, 0.5) is 0 Å². The Labute approximate surface area is 654 Å². The quantitative estimate of drug-likeness (QED) is 0.0169. The van der Waals surface area contributed by atoms with E-state index in [2.05, 4.69) is 167 Å². The molecule has 0 aliphatic rings. The first kappa shape index (κ1) is 102. The lowest BCUT2D eigenvalue weighted by Crippen LogP contribution is -2.30. The number of aliphatic hydroxyl groups is 1. The molecule has 0 aromatic rings. The van der Waals surface area contributed by atoms with Gasteiger partial charge in [0.1, 0.15) is 19.3 Å². The molecule has 0 bridgehead atoms. The second-order valence-corrected chi connectivity index (χ2v) is 29.5. The average Bonchev–Trinajstić information content (AvgIpc) is 0.901. The number of rotatable bonds is 75. The average molecular weight is 1550 g/mol. The van der Waals surface area contributed by atoms with Crippen LogP contribution >= 0.6 is 15.6 Å². The van der Waals surface area contributed by atoms with Crippen molar-refractivity contribution >= 4 is 39.5 Å². The molecular formula is C89H144O17P2. The summed E-state index contributed by atoms with van der Waals surface area (Å²) in [6.07, 6.45) is 96.1. The maximum absolute atomic E-state index is 13.1. The lowest BCUT2D eigenvalue weighted by molar-refractivity contribution is -0.161. The topological polar surface area (TPSA) is 237 Å². The number of ether oxygens (including phenoxy) is 4. The summed E-state index contributed by atoms with van der Waals surface area (Å²) in [4.78, 5) is 73.0. The highest BCUT2D eigenvalue weighted by atomic mass is 31.2. The van der Waals surface area contributed by atoms with Crippen molar-refractivity contribution in [2.45, 2.75) is 316 Å². The molecule has 0 saturated heterocycles. The van der Waals surface area contributed by atoms with Crippen molar-refractivity contribution in [3.8, 4) is 0 Å². The third kappa shape index (κ3) is 78.3. The largest absolute Gasteiger partial charge is 0.472 e. The summed E-state index contributed by atoms with van der Waals surface area (Å²) in [7, 11) is -10.0. The van der Waals surface area contributed by atoms with Gasteiger partial charge in [-0.05, 0) is 167 Å². The van der Waals surface area contributed by atoms with E-state index in [9.17, 15) is 43.2 Å². The van der Waals surface area contributed by atoms with E-state index in [4.69, 9.17) is 37.0 Å². The fourth-order valence-electron chi connectivity index (χ4n) is 10.1. The molecule has 0 amide bonds. The Kier molecular flexibility index (Phi) is 75.0. The van der Waals surface area contributed by atoms with Crippen molar-refractivity contribution in [3.05, 3.63) is 182 Å². The van der Waals surface area contributed by atoms with Gasteiger partial charge in [0.05, 0.1) is 26.4 Å². The minimum Gasteiger partial charge on any atom is -0.462 e.